The number of amides is 1. The molecule has 4 rings (SSSR count). The minimum atomic E-state index is -2.88. The van der Waals surface area contributed by atoms with Crippen LogP contribution in [0.2, 0.25) is 0 Å². The Labute approximate surface area is 197 Å². The molecule has 1 N–H and O–H groups in total. The molecule has 1 fully saturated rings. The smallest absolute Gasteiger partial charge is 0.266 e. The van der Waals surface area contributed by atoms with Crippen LogP contribution >= 0.6 is 0 Å². The fourth-order valence-electron chi connectivity index (χ4n) is 4.71. The number of methoxy groups -OCH3 is 1. The van der Waals surface area contributed by atoms with Crippen molar-refractivity contribution in [2.24, 2.45) is 0 Å². The molecule has 178 valence electrons. The highest BCUT2D eigenvalue weighted by Gasteiger charge is 2.41. The number of carbonyl (C=O) groups is 1. The lowest BCUT2D eigenvalue weighted by Crippen LogP contribution is -2.34. The van der Waals surface area contributed by atoms with Gasteiger partial charge < -0.3 is 15.0 Å². The van der Waals surface area contributed by atoms with Gasteiger partial charge in [0.1, 0.15) is 11.4 Å². The Morgan fingerprint density at radius 1 is 1.24 bits per heavy atom. The molecule has 1 aliphatic heterocycles. The first-order valence-electron chi connectivity index (χ1n) is 11.2. The van der Waals surface area contributed by atoms with Crippen LogP contribution in [-0.2, 0) is 15.1 Å². The van der Waals surface area contributed by atoms with Crippen LogP contribution in [0.5, 0.6) is 0 Å². The number of nitrogens with zero attached hydrogens (tertiary/aromatic N) is 2. The third-order valence-corrected chi connectivity index (χ3v) is 6.66. The fourth-order valence-corrected chi connectivity index (χ4v) is 4.71. The zero-order chi connectivity index (χ0) is 24.6. The third kappa shape index (κ3) is 4.36. The van der Waals surface area contributed by atoms with Gasteiger partial charge in [0, 0.05) is 37.2 Å². The van der Waals surface area contributed by atoms with Crippen molar-refractivity contribution in [3.05, 3.63) is 65.0 Å². The van der Waals surface area contributed by atoms with E-state index in [0.717, 1.165) is 28.1 Å². The van der Waals surface area contributed by atoms with Crippen molar-refractivity contribution >= 4 is 35.9 Å². The van der Waals surface area contributed by atoms with Gasteiger partial charge >= 0.3 is 0 Å². The van der Waals surface area contributed by atoms with Crippen molar-refractivity contribution in [2.75, 3.05) is 25.5 Å². The monoisotopic (exact) mass is 469 g/mol. The summed E-state index contributed by atoms with van der Waals surface area (Å²) in [7, 11) is 3.50. The van der Waals surface area contributed by atoms with Gasteiger partial charge in [-0.2, -0.15) is 0 Å². The summed E-state index contributed by atoms with van der Waals surface area (Å²) in [6.45, 7) is 4.34. The molecule has 0 radical (unpaired) electrons. The van der Waals surface area contributed by atoms with E-state index >= 15 is 0 Å². The number of carbonyl (C=O) groups excluding carboxylic acids is 1. The molecular weight excluding hydrogens is 442 g/mol. The maximum Gasteiger partial charge on any atom is 0.266 e. The van der Waals surface area contributed by atoms with Crippen LogP contribution in [0.15, 0.2) is 42.5 Å². The summed E-state index contributed by atoms with van der Waals surface area (Å²) in [5, 5.41) is 4.10. The van der Waals surface area contributed by atoms with Crippen LogP contribution in [0.25, 0.3) is 10.9 Å². The molecule has 1 amide bonds. The Balaban J connectivity index is 1.74. The SMILES string of the molecule is Bc1cc(N[C@H](C)c2cccc(C(F)F)c2F)c2cc([C@@]3(OC)CCN(C(C)=O)C3)ccc2n1. The van der Waals surface area contributed by atoms with Crippen molar-refractivity contribution in [2.45, 2.75) is 38.3 Å². The predicted octanol–water partition coefficient (Wildman–Crippen LogP) is 3.84. The molecule has 9 heteroatoms. The number of pyridine rings is 1. The highest BCUT2D eigenvalue weighted by atomic mass is 19.3. The Morgan fingerprint density at radius 2 is 1.97 bits per heavy atom. The van der Waals surface area contributed by atoms with E-state index in [9.17, 15) is 18.0 Å². The molecule has 1 aromatic heterocycles. The van der Waals surface area contributed by atoms with E-state index in [1.165, 1.54) is 12.1 Å². The number of hydrogen-bond acceptors (Lipinski definition) is 4. The number of halogens is 3. The first-order chi connectivity index (χ1) is 16.1. The summed E-state index contributed by atoms with van der Waals surface area (Å²) in [6.07, 6.45) is -2.22. The summed E-state index contributed by atoms with van der Waals surface area (Å²) in [6, 6.07) is 11.2. The molecule has 0 bridgehead atoms. The second-order valence-corrected chi connectivity index (χ2v) is 8.85. The number of anilines is 1. The van der Waals surface area contributed by atoms with Gasteiger partial charge in [0.05, 0.1) is 23.7 Å². The number of likely N-dealkylation sites (tertiary alicyclic amines) is 1. The molecule has 2 aromatic carbocycles. The van der Waals surface area contributed by atoms with E-state index in [0.29, 0.717) is 25.2 Å². The van der Waals surface area contributed by atoms with Gasteiger partial charge in [-0.25, -0.2) is 13.2 Å². The third-order valence-electron chi connectivity index (χ3n) is 6.66. The summed E-state index contributed by atoms with van der Waals surface area (Å²) in [4.78, 5) is 18.3. The van der Waals surface area contributed by atoms with Gasteiger partial charge in [0.25, 0.3) is 6.43 Å². The zero-order valence-corrected chi connectivity index (χ0v) is 19.7. The molecule has 1 aliphatic rings. The number of rotatable bonds is 6. The van der Waals surface area contributed by atoms with E-state index in [2.05, 4.69) is 10.3 Å². The molecular formula is C25H27BF3N3O2. The normalized spacial score (nSPS) is 19.1. The Hall–Kier alpha value is -3.07. The van der Waals surface area contributed by atoms with Crippen LogP contribution < -0.4 is 10.9 Å². The first-order valence-corrected chi connectivity index (χ1v) is 11.2. The topological polar surface area (TPSA) is 54.5 Å². The maximum absolute atomic E-state index is 14.8. The average molecular weight is 469 g/mol. The van der Waals surface area contributed by atoms with Crippen molar-refractivity contribution in [3.8, 4) is 0 Å². The fraction of sp³-hybridized carbons (Fsp3) is 0.360. The van der Waals surface area contributed by atoms with Gasteiger partial charge in [-0.05, 0) is 42.7 Å². The lowest BCUT2D eigenvalue weighted by atomic mass is 9.90. The van der Waals surface area contributed by atoms with Crippen LogP contribution in [0.3, 0.4) is 0 Å². The quantitative estimate of drug-likeness (QED) is 0.558. The lowest BCUT2D eigenvalue weighted by Gasteiger charge is -2.29. The molecule has 0 saturated carbocycles. The minimum absolute atomic E-state index is 0.00115. The van der Waals surface area contributed by atoms with E-state index in [4.69, 9.17) is 4.74 Å². The molecule has 0 unspecified atom stereocenters. The van der Waals surface area contributed by atoms with Crippen molar-refractivity contribution < 1.29 is 22.7 Å². The molecule has 3 aromatic rings. The Morgan fingerprint density at radius 3 is 2.62 bits per heavy atom. The molecule has 0 spiro atoms. The van der Waals surface area contributed by atoms with Crippen molar-refractivity contribution in [3.63, 3.8) is 0 Å². The van der Waals surface area contributed by atoms with E-state index < -0.39 is 29.4 Å². The molecule has 2 atom stereocenters. The summed E-state index contributed by atoms with van der Waals surface area (Å²) in [5.41, 5.74) is 2.06. The van der Waals surface area contributed by atoms with Gasteiger partial charge in [-0.15, -0.1) is 0 Å². The average Bonchev–Trinajstić information content (AvgIpc) is 3.25. The highest BCUT2D eigenvalue weighted by Crippen LogP contribution is 2.38. The van der Waals surface area contributed by atoms with E-state index in [1.54, 1.807) is 25.9 Å². The van der Waals surface area contributed by atoms with Gasteiger partial charge in [0.2, 0.25) is 5.91 Å². The number of hydrogen-bond donors (Lipinski definition) is 1. The Kier molecular flexibility index (Phi) is 6.58. The molecule has 5 nitrogen and oxygen atoms in total. The summed E-state index contributed by atoms with van der Waals surface area (Å²) >= 11 is 0. The van der Waals surface area contributed by atoms with E-state index in [-0.39, 0.29) is 11.5 Å². The summed E-state index contributed by atoms with van der Waals surface area (Å²) < 4.78 is 47.1. The van der Waals surface area contributed by atoms with Crippen LogP contribution in [0.1, 0.15) is 49.4 Å². The number of fused-ring (bicyclic) bond motifs is 1. The van der Waals surface area contributed by atoms with Gasteiger partial charge in [-0.1, -0.05) is 24.3 Å². The van der Waals surface area contributed by atoms with Gasteiger partial charge in [0.15, 0.2) is 7.85 Å². The number of alkyl halides is 2. The number of benzene rings is 2. The standard InChI is InChI=1S/C25H27BF3N3O2/c1-14(17-5-4-6-18(23(17)27)24(28)29)30-21-12-22(26)31-20-8-7-16(11-19(20)21)25(34-3)9-10-32(13-25)15(2)33/h4-8,11-12,14,24H,9-10,13,26H2,1-3H3,(H,30,31)/t14-,25-/m1/s1. The Bertz CT molecular complexity index is 1240. The maximum atomic E-state index is 14.8. The van der Waals surface area contributed by atoms with Crippen LogP contribution in [0.4, 0.5) is 18.9 Å². The molecule has 34 heavy (non-hydrogen) atoms. The van der Waals surface area contributed by atoms with Crippen LogP contribution in [0, 0.1) is 5.82 Å². The van der Waals surface area contributed by atoms with Crippen LogP contribution in [-0.4, -0.2) is 43.8 Å². The summed E-state index contributed by atoms with van der Waals surface area (Å²) in [5.74, 6) is -0.900. The largest absolute Gasteiger partial charge is 0.378 e. The van der Waals surface area contributed by atoms with Crippen molar-refractivity contribution in [1.29, 1.82) is 0 Å². The molecule has 1 saturated heterocycles. The number of aromatic nitrogens is 1. The second kappa shape index (κ2) is 9.29. The zero-order valence-electron chi connectivity index (χ0n) is 19.7. The minimum Gasteiger partial charge on any atom is -0.378 e. The number of ether oxygens (including phenoxy) is 1. The van der Waals surface area contributed by atoms with Crippen molar-refractivity contribution in [1.82, 2.24) is 9.88 Å². The second-order valence-electron chi connectivity index (χ2n) is 8.85. The van der Waals surface area contributed by atoms with Gasteiger partial charge in [-0.3, -0.25) is 9.78 Å². The lowest BCUT2D eigenvalue weighted by molar-refractivity contribution is -0.129. The molecule has 2 heterocycles. The molecule has 0 aliphatic carbocycles. The number of nitrogens with one attached hydrogen (secondary N) is 1. The predicted molar refractivity (Wildman–Crippen MR) is 129 cm³/mol. The highest BCUT2D eigenvalue weighted by molar-refractivity contribution is 6.31. The van der Waals surface area contributed by atoms with E-state index in [1.807, 2.05) is 32.1 Å². The first kappa shape index (κ1) is 24.1.